The maximum Gasteiger partial charge on any atom is 0.232 e. The highest BCUT2D eigenvalue weighted by Gasteiger charge is 2.36. The third-order valence-electron chi connectivity index (χ3n) is 7.54. The summed E-state index contributed by atoms with van der Waals surface area (Å²) >= 11 is 6.23. The van der Waals surface area contributed by atoms with Crippen LogP contribution in [0.2, 0.25) is 5.02 Å². The number of benzene rings is 3. The molecule has 7 heteroatoms. The van der Waals surface area contributed by atoms with Crippen LogP contribution >= 0.6 is 11.6 Å². The summed E-state index contributed by atoms with van der Waals surface area (Å²) in [6, 6.07) is 19.0. The number of anilines is 1. The normalized spacial score (nSPS) is 16.3. The lowest BCUT2D eigenvalue weighted by atomic mass is 9.86. The van der Waals surface area contributed by atoms with Gasteiger partial charge >= 0.3 is 0 Å². The van der Waals surface area contributed by atoms with Crippen LogP contribution in [0.3, 0.4) is 0 Å². The van der Waals surface area contributed by atoms with Gasteiger partial charge in [0.25, 0.3) is 0 Å². The summed E-state index contributed by atoms with van der Waals surface area (Å²) in [5.41, 5.74) is 4.64. The fourth-order valence-electron chi connectivity index (χ4n) is 5.24. The Morgan fingerprint density at radius 3 is 2.28 bits per heavy atom. The van der Waals surface area contributed by atoms with E-state index in [0.29, 0.717) is 23.1 Å². The molecule has 0 radical (unpaired) electrons. The van der Waals surface area contributed by atoms with E-state index < -0.39 is 0 Å². The quantitative estimate of drug-likeness (QED) is 0.285. The van der Waals surface area contributed by atoms with Gasteiger partial charge in [-0.3, -0.25) is 9.59 Å². The largest absolute Gasteiger partial charge is 0.493 e. The van der Waals surface area contributed by atoms with Crippen molar-refractivity contribution < 1.29 is 19.1 Å². The lowest BCUT2D eigenvalue weighted by Gasteiger charge is -2.38. The number of ether oxygens (including phenoxy) is 2. The Labute approximate surface area is 236 Å². The molecule has 3 aromatic carbocycles. The standard InChI is InChI=1S/C32H37ClN2O4/c1-7-20(3)39-30-19-28-25(17-29(30)38-6)18-31(37)35(32(28)24-9-13-26(33)14-10-24)27-15-11-23(12-16-27)21(4)34(8-2)22(5)36/h9-17,19-21,32H,7-8,18H2,1-6H3/t20-,21?,32?/m1/s1. The zero-order chi connectivity index (χ0) is 28.3. The van der Waals surface area contributed by atoms with Gasteiger partial charge in [-0.25, -0.2) is 0 Å². The smallest absolute Gasteiger partial charge is 0.232 e. The number of rotatable bonds is 9. The molecule has 206 valence electrons. The molecular weight excluding hydrogens is 512 g/mol. The first-order valence-electron chi connectivity index (χ1n) is 13.5. The van der Waals surface area contributed by atoms with Crippen molar-refractivity contribution in [2.45, 2.75) is 65.6 Å². The highest BCUT2D eigenvalue weighted by atomic mass is 35.5. The van der Waals surface area contributed by atoms with Crippen LogP contribution in [0.5, 0.6) is 11.5 Å². The van der Waals surface area contributed by atoms with Crippen molar-refractivity contribution in [3.8, 4) is 11.5 Å². The van der Waals surface area contributed by atoms with Gasteiger partial charge in [-0.1, -0.05) is 42.8 Å². The Morgan fingerprint density at radius 1 is 1.05 bits per heavy atom. The van der Waals surface area contributed by atoms with Crippen LogP contribution in [0.25, 0.3) is 0 Å². The minimum atomic E-state index is -0.378. The molecule has 0 spiro atoms. The second-order valence-corrected chi connectivity index (χ2v) is 10.4. The van der Waals surface area contributed by atoms with Crippen LogP contribution < -0.4 is 14.4 Å². The Bertz CT molecular complexity index is 1320. The van der Waals surface area contributed by atoms with Gasteiger partial charge in [0.1, 0.15) is 0 Å². The first kappa shape index (κ1) is 28.5. The number of hydrogen-bond acceptors (Lipinski definition) is 4. The third-order valence-corrected chi connectivity index (χ3v) is 7.80. The molecule has 0 N–H and O–H groups in total. The van der Waals surface area contributed by atoms with Gasteiger partial charge < -0.3 is 19.3 Å². The third kappa shape index (κ3) is 5.91. The fraction of sp³-hybridized carbons (Fsp3) is 0.375. The zero-order valence-corrected chi connectivity index (χ0v) is 24.3. The van der Waals surface area contributed by atoms with Crippen molar-refractivity contribution in [2.24, 2.45) is 0 Å². The number of methoxy groups -OCH3 is 1. The van der Waals surface area contributed by atoms with E-state index in [1.807, 2.05) is 91.2 Å². The summed E-state index contributed by atoms with van der Waals surface area (Å²) in [6.45, 7) is 10.3. The summed E-state index contributed by atoms with van der Waals surface area (Å²) < 4.78 is 11.9. The van der Waals surface area contributed by atoms with Crippen molar-refractivity contribution >= 4 is 29.1 Å². The van der Waals surface area contributed by atoms with E-state index in [2.05, 4.69) is 6.92 Å². The Morgan fingerprint density at radius 2 is 1.72 bits per heavy atom. The fourth-order valence-corrected chi connectivity index (χ4v) is 5.36. The van der Waals surface area contributed by atoms with Crippen molar-refractivity contribution in [2.75, 3.05) is 18.6 Å². The van der Waals surface area contributed by atoms with Gasteiger partial charge in [0.2, 0.25) is 11.8 Å². The summed E-state index contributed by atoms with van der Waals surface area (Å²) in [7, 11) is 1.62. The molecule has 2 unspecified atom stereocenters. The molecule has 39 heavy (non-hydrogen) atoms. The van der Waals surface area contributed by atoms with Gasteiger partial charge in [0.15, 0.2) is 11.5 Å². The van der Waals surface area contributed by atoms with E-state index in [4.69, 9.17) is 21.1 Å². The molecule has 2 amide bonds. The molecule has 0 fully saturated rings. The van der Waals surface area contributed by atoms with Crippen LogP contribution in [0.4, 0.5) is 5.69 Å². The number of halogens is 1. The lowest BCUT2D eigenvalue weighted by Crippen LogP contribution is -2.41. The second kappa shape index (κ2) is 12.1. The van der Waals surface area contributed by atoms with Gasteiger partial charge in [-0.15, -0.1) is 0 Å². The number of amides is 2. The molecule has 4 rings (SSSR count). The molecule has 1 heterocycles. The SMILES string of the molecule is CC[C@@H](C)Oc1cc2c(cc1OC)CC(=O)N(c1ccc(C(C)N(CC)C(C)=O)cc1)C2c1ccc(Cl)cc1. The summed E-state index contributed by atoms with van der Waals surface area (Å²) in [5, 5.41) is 0.632. The molecule has 6 nitrogen and oxygen atoms in total. The van der Waals surface area contributed by atoms with E-state index in [9.17, 15) is 9.59 Å². The summed E-state index contributed by atoms with van der Waals surface area (Å²) in [6.07, 6.45) is 1.11. The molecule has 0 aromatic heterocycles. The number of fused-ring (bicyclic) bond motifs is 1. The number of carbonyl (C=O) groups is 2. The van der Waals surface area contributed by atoms with Gasteiger partial charge in [0, 0.05) is 24.2 Å². The molecule has 0 saturated heterocycles. The predicted molar refractivity (Wildman–Crippen MR) is 156 cm³/mol. The van der Waals surface area contributed by atoms with Gasteiger partial charge in [-0.05, 0) is 85.8 Å². The van der Waals surface area contributed by atoms with Crippen LogP contribution in [-0.4, -0.2) is 36.5 Å². The van der Waals surface area contributed by atoms with E-state index in [1.54, 1.807) is 14.0 Å². The van der Waals surface area contributed by atoms with E-state index in [1.165, 1.54) is 0 Å². The lowest BCUT2D eigenvalue weighted by molar-refractivity contribution is -0.130. The minimum Gasteiger partial charge on any atom is -0.493 e. The average molecular weight is 549 g/mol. The molecule has 1 aliphatic heterocycles. The zero-order valence-electron chi connectivity index (χ0n) is 23.5. The minimum absolute atomic E-state index is 0.0134. The number of hydrogen-bond donors (Lipinski definition) is 0. The molecule has 0 aliphatic carbocycles. The Kier molecular flexibility index (Phi) is 8.86. The number of carbonyl (C=O) groups excluding carboxylic acids is 2. The summed E-state index contributed by atoms with van der Waals surface area (Å²) in [4.78, 5) is 29.5. The number of nitrogens with zero attached hydrogens (tertiary/aromatic N) is 2. The molecule has 1 aliphatic rings. The van der Waals surface area contributed by atoms with Crippen LogP contribution in [0.1, 0.15) is 75.4 Å². The first-order chi connectivity index (χ1) is 18.7. The molecular formula is C32H37ClN2O4. The van der Waals surface area contributed by atoms with Crippen molar-refractivity contribution in [3.63, 3.8) is 0 Å². The van der Waals surface area contributed by atoms with Crippen LogP contribution in [0.15, 0.2) is 60.7 Å². The van der Waals surface area contributed by atoms with Crippen LogP contribution in [-0.2, 0) is 16.0 Å². The maximum absolute atomic E-state index is 13.8. The van der Waals surface area contributed by atoms with Gasteiger partial charge in [0.05, 0.1) is 31.7 Å². The first-order valence-corrected chi connectivity index (χ1v) is 13.9. The highest BCUT2D eigenvalue weighted by molar-refractivity contribution is 6.30. The van der Waals surface area contributed by atoms with Crippen molar-refractivity contribution in [1.29, 1.82) is 0 Å². The van der Waals surface area contributed by atoms with E-state index in [-0.39, 0.29) is 36.4 Å². The highest BCUT2D eigenvalue weighted by Crippen LogP contribution is 2.44. The van der Waals surface area contributed by atoms with E-state index in [0.717, 1.165) is 34.4 Å². The molecule has 0 saturated carbocycles. The molecule has 3 atom stereocenters. The molecule has 3 aromatic rings. The Balaban J connectivity index is 1.82. The topological polar surface area (TPSA) is 59.1 Å². The summed E-state index contributed by atoms with van der Waals surface area (Å²) in [5.74, 6) is 1.30. The van der Waals surface area contributed by atoms with Crippen molar-refractivity contribution in [3.05, 3.63) is 87.9 Å². The van der Waals surface area contributed by atoms with Crippen molar-refractivity contribution in [1.82, 2.24) is 4.90 Å². The second-order valence-electron chi connectivity index (χ2n) is 10.0. The molecule has 0 bridgehead atoms. The predicted octanol–water partition coefficient (Wildman–Crippen LogP) is 7.13. The van der Waals surface area contributed by atoms with E-state index >= 15 is 0 Å². The van der Waals surface area contributed by atoms with Crippen LogP contribution in [0, 0.1) is 0 Å². The monoisotopic (exact) mass is 548 g/mol. The van der Waals surface area contributed by atoms with Gasteiger partial charge in [-0.2, -0.15) is 0 Å². The maximum atomic E-state index is 13.8. The average Bonchev–Trinajstić information content (AvgIpc) is 2.93. The Hall–Kier alpha value is -3.51.